The van der Waals surface area contributed by atoms with E-state index in [1.807, 2.05) is 36.4 Å². The first-order valence-electron chi connectivity index (χ1n) is 9.85. The number of alkyl carbamates (subject to hydrolysis) is 1. The van der Waals surface area contributed by atoms with Crippen LogP contribution in [0.1, 0.15) is 27.3 Å². The Bertz CT molecular complexity index is 1230. The van der Waals surface area contributed by atoms with Crippen molar-refractivity contribution >= 4 is 23.5 Å². The van der Waals surface area contributed by atoms with Crippen LogP contribution in [0.2, 0.25) is 5.02 Å². The van der Waals surface area contributed by atoms with Crippen LogP contribution in [-0.2, 0) is 17.9 Å². The van der Waals surface area contributed by atoms with Gasteiger partial charge in [-0.25, -0.2) is 4.79 Å². The van der Waals surface area contributed by atoms with Crippen molar-refractivity contribution in [2.45, 2.75) is 13.2 Å². The smallest absolute Gasteiger partial charge is 0.407 e. The summed E-state index contributed by atoms with van der Waals surface area (Å²) >= 11 is 6.17. The van der Waals surface area contributed by atoms with Crippen LogP contribution in [0, 0.1) is 0 Å². The monoisotopic (exact) mass is 446 g/mol. The second-order valence-corrected chi connectivity index (χ2v) is 7.33. The Labute approximate surface area is 189 Å². The molecule has 1 amide bonds. The van der Waals surface area contributed by atoms with E-state index in [1.54, 1.807) is 47.0 Å². The molecule has 0 spiro atoms. The minimum Gasteiger partial charge on any atom is -0.445 e. The number of ketones is 1. The number of rotatable bonds is 7. The van der Waals surface area contributed by atoms with Gasteiger partial charge in [-0.05, 0) is 23.8 Å². The van der Waals surface area contributed by atoms with Gasteiger partial charge in [0.1, 0.15) is 12.9 Å². The Kier molecular flexibility index (Phi) is 6.57. The molecule has 0 saturated heterocycles. The van der Waals surface area contributed by atoms with Crippen LogP contribution in [0.5, 0.6) is 0 Å². The minimum absolute atomic E-state index is 0.0647. The highest BCUT2D eigenvalue weighted by Gasteiger charge is 2.18. The molecule has 32 heavy (non-hydrogen) atoms. The number of halogens is 1. The molecule has 0 saturated carbocycles. The third-order valence-corrected chi connectivity index (χ3v) is 4.96. The van der Waals surface area contributed by atoms with Crippen LogP contribution in [0.15, 0.2) is 85.2 Å². The molecule has 0 aliphatic rings. The number of ether oxygens (including phenoxy) is 1. The summed E-state index contributed by atoms with van der Waals surface area (Å²) in [6, 6.07) is 23.3. The number of nitrogens with zero attached hydrogens (tertiary/aromatic N) is 3. The van der Waals surface area contributed by atoms with Crippen molar-refractivity contribution in [3.05, 3.63) is 113 Å². The van der Waals surface area contributed by atoms with Crippen molar-refractivity contribution in [1.29, 1.82) is 0 Å². The van der Waals surface area contributed by atoms with E-state index in [0.717, 1.165) is 5.56 Å². The number of aromatic nitrogens is 3. The number of hydrogen-bond acceptors (Lipinski definition) is 5. The first-order valence-corrected chi connectivity index (χ1v) is 10.2. The lowest BCUT2D eigenvalue weighted by molar-refractivity contribution is 0.103. The molecule has 0 fully saturated rings. The summed E-state index contributed by atoms with van der Waals surface area (Å²) in [5.41, 5.74) is 2.38. The molecule has 4 aromatic rings. The van der Waals surface area contributed by atoms with Gasteiger partial charge in [-0.15, -0.1) is 10.2 Å². The van der Waals surface area contributed by atoms with Crippen molar-refractivity contribution in [3.63, 3.8) is 0 Å². The fourth-order valence-corrected chi connectivity index (χ4v) is 3.32. The highest BCUT2D eigenvalue weighted by atomic mass is 35.5. The number of nitrogens with one attached hydrogen (secondary N) is 1. The number of hydrogen-bond donors (Lipinski definition) is 1. The third-order valence-electron chi connectivity index (χ3n) is 4.72. The Morgan fingerprint density at radius 3 is 2.44 bits per heavy atom. The summed E-state index contributed by atoms with van der Waals surface area (Å²) in [4.78, 5) is 25.2. The molecule has 0 aliphatic heterocycles. The van der Waals surface area contributed by atoms with Gasteiger partial charge >= 0.3 is 6.09 Å². The molecule has 0 radical (unpaired) electrons. The summed E-state index contributed by atoms with van der Waals surface area (Å²) in [6.07, 6.45) is 0.900. The molecule has 8 heteroatoms. The van der Waals surface area contributed by atoms with Crippen molar-refractivity contribution in [2.24, 2.45) is 0 Å². The summed E-state index contributed by atoms with van der Waals surface area (Å²) < 4.78 is 6.87. The second kappa shape index (κ2) is 9.89. The summed E-state index contributed by atoms with van der Waals surface area (Å²) in [5, 5.41) is 11.1. The van der Waals surface area contributed by atoms with E-state index in [-0.39, 0.29) is 18.9 Å². The predicted molar refractivity (Wildman–Crippen MR) is 120 cm³/mol. The normalized spacial score (nSPS) is 10.5. The van der Waals surface area contributed by atoms with E-state index >= 15 is 0 Å². The van der Waals surface area contributed by atoms with E-state index in [9.17, 15) is 9.59 Å². The molecule has 0 bridgehead atoms. The van der Waals surface area contributed by atoms with Gasteiger partial charge in [0.2, 0.25) is 0 Å². The van der Waals surface area contributed by atoms with E-state index in [4.69, 9.17) is 16.3 Å². The molecule has 0 unspecified atom stereocenters. The quantitative estimate of drug-likeness (QED) is 0.420. The molecule has 4 rings (SSSR count). The average molecular weight is 447 g/mol. The number of carbonyl (C=O) groups excluding carboxylic acids is 2. The first kappa shape index (κ1) is 21.3. The maximum Gasteiger partial charge on any atom is 0.407 e. The van der Waals surface area contributed by atoms with E-state index in [1.165, 1.54) is 6.33 Å². The lowest BCUT2D eigenvalue weighted by Crippen LogP contribution is -2.25. The van der Waals surface area contributed by atoms with Crippen LogP contribution >= 0.6 is 11.6 Å². The summed E-state index contributed by atoms with van der Waals surface area (Å²) in [6.45, 7) is 0.224. The summed E-state index contributed by atoms with van der Waals surface area (Å²) in [7, 11) is 0. The molecule has 160 valence electrons. The molecule has 3 aromatic carbocycles. The standard InChI is InChI=1S/C24H19ClN4O3/c25-19-11-12-21(20(13-19)23(30)18-9-5-2-6-10-18)29-16-27-28-22(29)14-26-24(31)32-15-17-7-3-1-4-8-17/h1-13,16H,14-15H2,(H,26,31). The second-order valence-electron chi connectivity index (χ2n) is 6.89. The fourth-order valence-electron chi connectivity index (χ4n) is 3.15. The Hall–Kier alpha value is -3.97. The van der Waals surface area contributed by atoms with Gasteiger partial charge < -0.3 is 10.1 Å². The molecule has 1 N–H and O–H groups in total. The molecule has 7 nitrogen and oxygen atoms in total. The maximum atomic E-state index is 13.1. The average Bonchev–Trinajstić information content (AvgIpc) is 3.30. The van der Waals surface area contributed by atoms with Crippen LogP contribution in [0.25, 0.3) is 5.69 Å². The Morgan fingerprint density at radius 1 is 0.969 bits per heavy atom. The molecule has 0 aliphatic carbocycles. The maximum absolute atomic E-state index is 13.1. The molecular weight excluding hydrogens is 428 g/mol. The van der Waals surface area contributed by atoms with Gasteiger partial charge in [-0.2, -0.15) is 0 Å². The lowest BCUT2D eigenvalue weighted by Gasteiger charge is -2.13. The van der Waals surface area contributed by atoms with Crippen molar-refractivity contribution < 1.29 is 14.3 Å². The topological polar surface area (TPSA) is 86.1 Å². The molecular formula is C24H19ClN4O3. The highest BCUT2D eigenvalue weighted by molar-refractivity contribution is 6.31. The molecule has 1 aromatic heterocycles. The summed E-state index contributed by atoms with van der Waals surface area (Å²) in [5.74, 6) is 0.254. The van der Waals surface area contributed by atoms with Gasteiger partial charge in [-0.3, -0.25) is 9.36 Å². The largest absolute Gasteiger partial charge is 0.445 e. The van der Waals surface area contributed by atoms with Gasteiger partial charge in [0.25, 0.3) is 0 Å². The van der Waals surface area contributed by atoms with E-state index < -0.39 is 6.09 Å². The van der Waals surface area contributed by atoms with Crippen LogP contribution in [0.4, 0.5) is 4.79 Å². The minimum atomic E-state index is -0.583. The SMILES string of the molecule is O=C(NCc1nncn1-c1ccc(Cl)cc1C(=O)c1ccccc1)OCc1ccccc1. The Morgan fingerprint density at radius 2 is 1.69 bits per heavy atom. The highest BCUT2D eigenvalue weighted by Crippen LogP contribution is 2.23. The van der Waals surface area contributed by atoms with Crippen molar-refractivity contribution in [2.75, 3.05) is 0 Å². The number of carbonyl (C=O) groups is 2. The lowest BCUT2D eigenvalue weighted by atomic mass is 10.0. The number of amides is 1. The number of benzene rings is 3. The van der Waals surface area contributed by atoms with Crippen LogP contribution in [-0.4, -0.2) is 26.6 Å². The van der Waals surface area contributed by atoms with Gasteiger partial charge in [0.15, 0.2) is 11.6 Å². The zero-order valence-corrected chi connectivity index (χ0v) is 17.7. The molecule has 1 heterocycles. The van der Waals surface area contributed by atoms with Crippen molar-refractivity contribution in [1.82, 2.24) is 20.1 Å². The van der Waals surface area contributed by atoms with Gasteiger partial charge in [0.05, 0.1) is 12.2 Å². The van der Waals surface area contributed by atoms with Gasteiger partial charge in [-0.1, -0.05) is 72.3 Å². The zero-order valence-electron chi connectivity index (χ0n) is 16.9. The van der Waals surface area contributed by atoms with Crippen LogP contribution < -0.4 is 5.32 Å². The molecule has 0 atom stereocenters. The zero-order chi connectivity index (χ0) is 22.3. The van der Waals surface area contributed by atoms with Gasteiger partial charge in [0, 0.05) is 16.1 Å². The predicted octanol–water partition coefficient (Wildman–Crippen LogP) is 4.58. The Balaban J connectivity index is 1.51. The van der Waals surface area contributed by atoms with Crippen LogP contribution in [0.3, 0.4) is 0 Å². The van der Waals surface area contributed by atoms with Crippen molar-refractivity contribution in [3.8, 4) is 5.69 Å². The van der Waals surface area contributed by atoms with E-state index in [0.29, 0.717) is 27.7 Å². The fraction of sp³-hybridized carbons (Fsp3) is 0.0833. The first-order chi connectivity index (χ1) is 15.6. The third kappa shape index (κ3) is 5.01. The van der Waals surface area contributed by atoms with E-state index in [2.05, 4.69) is 15.5 Å².